The molecule has 0 radical (unpaired) electrons. The van der Waals surface area contributed by atoms with Gasteiger partial charge in [-0.3, -0.25) is 0 Å². The second kappa shape index (κ2) is 13.4. The van der Waals surface area contributed by atoms with Crippen LogP contribution < -0.4 is 21.0 Å². The lowest BCUT2D eigenvalue weighted by Crippen LogP contribution is -2.76. The predicted molar refractivity (Wildman–Crippen MR) is 240 cm³/mol. The summed E-state index contributed by atoms with van der Waals surface area (Å²) in [5.74, 6) is 0. The van der Waals surface area contributed by atoms with E-state index < -0.39 is 8.07 Å². The first-order valence-corrected chi connectivity index (χ1v) is 21.4. The summed E-state index contributed by atoms with van der Waals surface area (Å²) < 4.78 is 4.79. The van der Waals surface area contributed by atoms with Crippen LogP contribution in [-0.4, -0.2) is 27.2 Å². The van der Waals surface area contributed by atoms with Crippen molar-refractivity contribution in [3.63, 3.8) is 0 Å². The normalized spacial score (nSPS) is 11.9. The Hall–Kier alpha value is -7.34. The van der Waals surface area contributed by atoms with Crippen LogP contribution in [0.25, 0.3) is 66.1 Å². The Morgan fingerprint density at radius 3 is 1.14 bits per heavy atom. The van der Waals surface area contributed by atoms with E-state index in [0.29, 0.717) is 0 Å². The van der Waals surface area contributed by atoms with E-state index in [2.05, 4.69) is 228 Å². The zero-order chi connectivity index (χ0) is 37.8. The number of hydrogen-bond donors (Lipinski definition) is 0. The van der Waals surface area contributed by atoms with Crippen LogP contribution in [0, 0.1) is 0 Å². The molecule has 0 atom stereocenters. The number of aromatic nitrogens is 4. The molecule has 3 heterocycles. The monoisotopic (exact) mass is 744 g/mol. The Bertz CT molecular complexity index is 3020. The highest BCUT2D eigenvalue weighted by Crippen LogP contribution is 2.38. The Morgan fingerprint density at radius 2 is 0.719 bits per heavy atom. The summed E-state index contributed by atoms with van der Waals surface area (Å²) >= 11 is 0. The first-order valence-electron chi connectivity index (χ1n) is 19.4. The van der Waals surface area contributed by atoms with Crippen molar-refractivity contribution in [1.82, 2.24) is 19.1 Å². The van der Waals surface area contributed by atoms with E-state index in [-0.39, 0.29) is 0 Å². The first-order chi connectivity index (χ1) is 28.3. The number of fused-ring (bicyclic) bond motifs is 6. The summed E-state index contributed by atoms with van der Waals surface area (Å²) in [4.78, 5) is 10.9. The van der Waals surface area contributed by atoms with E-state index >= 15 is 0 Å². The standard InChI is InChI=1S/C52H36N4Si/c1-4-18-39(19-5-1)57(40-20-6-2-7-21-40,41-22-8-3-9-23-41)52-53-35-37(36-54-52)46-34-38(55-47-28-14-10-24-42(47)43-25-11-15-29-48(43)55)32-33-51(46)56-49-30-16-12-26-44(49)45-27-13-17-31-50(45)56/h1-36H. The fourth-order valence-corrected chi connectivity index (χ4v) is 13.5. The largest absolute Gasteiger partial charge is 0.309 e. The summed E-state index contributed by atoms with van der Waals surface area (Å²) in [6.45, 7) is 0. The van der Waals surface area contributed by atoms with Crippen LogP contribution in [0.3, 0.4) is 0 Å². The minimum atomic E-state index is -2.91. The van der Waals surface area contributed by atoms with E-state index in [0.717, 1.165) is 39.0 Å². The fraction of sp³-hybridized carbons (Fsp3) is 0. The van der Waals surface area contributed by atoms with E-state index in [1.807, 2.05) is 0 Å². The van der Waals surface area contributed by atoms with Crippen LogP contribution in [0.15, 0.2) is 219 Å². The third-order valence-electron chi connectivity index (χ3n) is 11.6. The number of benzene rings is 8. The van der Waals surface area contributed by atoms with Gasteiger partial charge in [-0.1, -0.05) is 164 Å². The Kier molecular flexibility index (Phi) is 7.79. The zero-order valence-electron chi connectivity index (χ0n) is 31.1. The molecule has 5 heteroatoms. The van der Waals surface area contributed by atoms with Crippen LogP contribution >= 0.6 is 0 Å². The van der Waals surface area contributed by atoms with Gasteiger partial charge in [-0.25, -0.2) is 9.97 Å². The molecule has 0 saturated carbocycles. The van der Waals surface area contributed by atoms with Crippen LogP contribution in [0.5, 0.6) is 0 Å². The van der Waals surface area contributed by atoms with Crippen molar-refractivity contribution in [2.45, 2.75) is 0 Å². The van der Waals surface area contributed by atoms with Gasteiger partial charge in [0.1, 0.15) is 5.45 Å². The van der Waals surface area contributed by atoms with Gasteiger partial charge in [-0.2, -0.15) is 0 Å². The number of para-hydroxylation sites is 4. The molecule has 3 aromatic heterocycles. The maximum atomic E-state index is 5.43. The average Bonchev–Trinajstić information content (AvgIpc) is 3.81. The first kappa shape index (κ1) is 33.0. The molecule has 57 heavy (non-hydrogen) atoms. The number of rotatable bonds is 7. The van der Waals surface area contributed by atoms with Gasteiger partial charge in [0.05, 0.1) is 27.8 Å². The molecule has 0 fully saturated rings. The van der Waals surface area contributed by atoms with E-state index in [4.69, 9.17) is 9.97 Å². The molecule has 11 aromatic rings. The lowest BCUT2D eigenvalue weighted by molar-refractivity contribution is 1.14. The Balaban J connectivity index is 1.18. The van der Waals surface area contributed by atoms with Gasteiger partial charge in [0, 0.05) is 50.8 Å². The summed E-state index contributed by atoms with van der Waals surface area (Å²) in [6, 6.07) is 74.2. The van der Waals surface area contributed by atoms with Gasteiger partial charge in [0.25, 0.3) is 0 Å². The zero-order valence-corrected chi connectivity index (χ0v) is 32.1. The van der Waals surface area contributed by atoms with Crippen LogP contribution in [0.1, 0.15) is 0 Å². The second-order valence-corrected chi connectivity index (χ2v) is 18.3. The quantitative estimate of drug-likeness (QED) is 0.120. The van der Waals surface area contributed by atoms with Crippen molar-refractivity contribution >= 4 is 72.7 Å². The maximum absolute atomic E-state index is 5.43. The highest BCUT2D eigenvalue weighted by Gasteiger charge is 2.44. The molecule has 0 N–H and O–H groups in total. The molecule has 0 aliphatic rings. The molecular weight excluding hydrogens is 709 g/mol. The van der Waals surface area contributed by atoms with Crippen molar-refractivity contribution < 1.29 is 0 Å². The van der Waals surface area contributed by atoms with E-state index in [9.17, 15) is 0 Å². The molecule has 4 nitrogen and oxygen atoms in total. The lowest BCUT2D eigenvalue weighted by atomic mass is 10.0. The highest BCUT2D eigenvalue weighted by molar-refractivity contribution is 7.19. The minimum Gasteiger partial charge on any atom is -0.309 e. The van der Waals surface area contributed by atoms with Crippen LogP contribution in [0.2, 0.25) is 0 Å². The third-order valence-corrected chi connectivity index (χ3v) is 16.1. The molecule has 0 bridgehead atoms. The fourth-order valence-electron chi connectivity index (χ4n) is 9.08. The van der Waals surface area contributed by atoms with Crippen LogP contribution in [0.4, 0.5) is 0 Å². The van der Waals surface area contributed by atoms with Crippen molar-refractivity contribution in [2.75, 3.05) is 0 Å². The maximum Gasteiger partial charge on any atom is 0.226 e. The van der Waals surface area contributed by atoms with Crippen molar-refractivity contribution in [3.8, 4) is 22.5 Å². The molecule has 8 aromatic carbocycles. The highest BCUT2D eigenvalue weighted by atomic mass is 28.3. The summed E-state index contributed by atoms with van der Waals surface area (Å²) in [6.07, 6.45) is 4.11. The Morgan fingerprint density at radius 1 is 0.351 bits per heavy atom. The molecule has 0 unspecified atom stereocenters. The van der Waals surface area contributed by atoms with E-state index in [1.165, 1.54) is 48.1 Å². The number of hydrogen-bond acceptors (Lipinski definition) is 2. The van der Waals surface area contributed by atoms with Crippen molar-refractivity contribution in [2.24, 2.45) is 0 Å². The minimum absolute atomic E-state index is 0.854. The van der Waals surface area contributed by atoms with Crippen molar-refractivity contribution in [3.05, 3.63) is 219 Å². The predicted octanol–water partition coefficient (Wildman–Crippen LogP) is 9.72. The summed E-state index contributed by atoms with van der Waals surface area (Å²) in [5, 5.41) is 8.65. The van der Waals surface area contributed by atoms with E-state index in [1.54, 1.807) is 0 Å². The topological polar surface area (TPSA) is 35.6 Å². The van der Waals surface area contributed by atoms with Gasteiger partial charge < -0.3 is 9.13 Å². The SMILES string of the molecule is c1ccc([Si](c2ccccc2)(c2ccccc2)c2ncc(-c3cc(-n4c5ccccc5c5ccccc54)ccc3-n3c4ccccc4c4ccccc43)cn2)cc1. The smallest absolute Gasteiger partial charge is 0.226 e. The summed E-state index contributed by atoms with van der Waals surface area (Å²) in [7, 11) is -2.91. The second-order valence-electron chi connectivity index (χ2n) is 14.6. The van der Waals surface area contributed by atoms with Crippen molar-refractivity contribution in [1.29, 1.82) is 0 Å². The molecule has 11 rings (SSSR count). The molecule has 0 aliphatic carbocycles. The molecular formula is C52H36N4Si. The van der Waals surface area contributed by atoms with Gasteiger partial charge in [-0.05, 0) is 58.0 Å². The molecule has 0 amide bonds. The molecule has 0 spiro atoms. The average molecular weight is 745 g/mol. The summed E-state index contributed by atoms with van der Waals surface area (Å²) in [5.41, 5.74) is 9.68. The Labute approximate surface area is 331 Å². The van der Waals surface area contributed by atoms with Crippen LogP contribution in [-0.2, 0) is 0 Å². The molecule has 0 saturated heterocycles. The number of nitrogens with zero attached hydrogens (tertiary/aromatic N) is 4. The molecule has 0 aliphatic heterocycles. The van der Waals surface area contributed by atoms with Gasteiger partial charge in [0.2, 0.25) is 8.07 Å². The van der Waals surface area contributed by atoms with Gasteiger partial charge in [0.15, 0.2) is 0 Å². The third kappa shape index (κ3) is 5.13. The lowest BCUT2D eigenvalue weighted by Gasteiger charge is -2.32. The molecule has 268 valence electrons. The van der Waals surface area contributed by atoms with Gasteiger partial charge >= 0.3 is 0 Å². The van der Waals surface area contributed by atoms with Gasteiger partial charge in [-0.15, -0.1) is 0 Å².